The Labute approximate surface area is 121 Å². The summed E-state index contributed by atoms with van der Waals surface area (Å²) < 4.78 is 29.0. The largest absolute Gasteiger partial charge is 0.396 e. The first-order chi connectivity index (χ1) is 10.1. The lowest BCUT2D eigenvalue weighted by molar-refractivity contribution is 0.629. The van der Waals surface area contributed by atoms with Crippen LogP contribution in [0.3, 0.4) is 0 Å². The summed E-state index contributed by atoms with van der Waals surface area (Å²) in [7, 11) is 0. The van der Waals surface area contributed by atoms with Crippen molar-refractivity contribution in [2.24, 2.45) is 0 Å². The van der Waals surface area contributed by atoms with E-state index in [4.69, 9.17) is 5.73 Å². The van der Waals surface area contributed by atoms with Crippen LogP contribution in [0.15, 0.2) is 36.4 Å². The van der Waals surface area contributed by atoms with Crippen LogP contribution in [0.4, 0.5) is 14.5 Å². The molecule has 0 atom stereocenters. The minimum absolute atomic E-state index is 0.1000. The van der Waals surface area contributed by atoms with E-state index in [9.17, 15) is 8.78 Å². The third-order valence-corrected chi connectivity index (χ3v) is 3.42. The molecule has 2 aromatic carbocycles. The van der Waals surface area contributed by atoms with E-state index in [0.29, 0.717) is 16.9 Å². The van der Waals surface area contributed by atoms with Crippen LogP contribution in [0, 0.1) is 11.6 Å². The van der Waals surface area contributed by atoms with Crippen molar-refractivity contribution < 1.29 is 8.78 Å². The number of anilines is 1. The molecular weight excluding hydrogens is 272 g/mol. The van der Waals surface area contributed by atoms with E-state index < -0.39 is 5.82 Å². The van der Waals surface area contributed by atoms with Gasteiger partial charge in [-0.3, -0.25) is 0 Å². The molecule has 0 aliphatic rings. The molecule has 2 N–H and O–H groups in total. The molecule has 0 amide bonds. The fraction of sp³-hybridized carbons (Fsp3) is 0.188. The van der Waals surface area contributed by atoms with Gasteiger partial charge in [0.25, 0.3) is 0 Å². The van der Waals surface area contributed by atoms with Crippen molar-refractivity contribution in [2.45, 2.75) is 19.9 Å². The first kappa shape index (κ1) is 13.5. The topological polar surface area (TPSA) is 43.8 Å². The van der Waals surface area contributed by atoms with E-state index >= 15 is 0 Å². The predicted molar refractivity (Wildman–Crippen MR) is 79.8 cm³/mol. The smallest absolute Gasteiger partial charge is 0.146 e. The van der Waals surface area contributed by atoms with Crippen molar-refractivity contribution in [3.05, 3.63) is 48.0 Å². The molecule has 3 rings (SSSR count). The van der Waals surface area contributed by atoms with Gasteiger partial charge in [-0.25, -0.2) is 13.8 Å². The van der Waals surface area contributed by atoms with Crippen molar-refractivity contribution in [3.63, 3.8) is 0 Å². The van der Waals surface area contributed by atoms with Gasteiger partial charge in [0.15, 0.2) is 0 Å². The van der Waals surface area contributed by atoms with Crippen LogP contribution < -0.4 is 5.73 Å². The highest BCUT2D eigenvalue weighted by Gasteiger charge is 2.14. The Kier molecular flexibility index (Phi) is 3.33. The molecule has 0 radical (unpaired) electrons. The summed E-state index contributed by atoms with van der Waals surface area (Å²) in [5.41, 5.74) is 7.64. The number of hydrogen-bond donors (Lipinski definition) is 1. The number of halogens is 2. The Bertz CT molecular complexity index is 809. The molecule has 0 saturated carbocycles. The van der Waals surface area contributed by atoms with Crippen molar-refractivity contribution in [1.29, 1.82) is 0 Å². The highest BCUT2D eigenvalue weighted by atomic mass is 19.1. The number of nitrogens with two attached hydrogens (primary N) is 1. The summed E-state index contributed by atoms with van der Waals surface area (Å²) in [5.74, 6) is -0.191. The van der Waals surface area contributed by atoms with Crippen LogP contribution >= 0.6 is 0 Å². The van der Waals surface area contributed by atoms with Crippen LogP contribution in [0.2, 0.25) is 0 Å². The molecule has 0 fully saturated rings. The second-order valence-corrected chi connectivity index (χ2v) is 4.96. The molecule has 0 aliphatic heterocycles. The fourth-order valence-electron chi connectivity index (χ4n) is 2.44. The summed E-state index contributed by atoms with van der Waals surface area (Å²) in [6.45, 7) is 2.77. The molecule has 3 nitrogen and oxygen atoms in total. The van der Waals surface area contributed by atoms with Crippen molar-refractivity contribution in [3.8, 4) is 11.4 Å². The Morgan fingerprint density at radius 1 is 1.14 bits per heavy atom. The zero-order valence-electron chi connectivity index (χ0n) is 11.6. The molecule has 21 heavy (non-hydrogen) atoms. The van der Waals surface area contributed by atoms with Crippen molar-refractivity contribution in [2.75, 3.05) is 5.73 Å². The molecule has 0 saturated heterocycles. The first-order valence-electron chi connectivity index (χ1n) is 6.81. The molecule has 0 spiro atoms. The van der Waals surface area contributed by atoms with Crippen LogP contribution in [-0.2, 0) is 6.54 Å². The van der Waals surface area contributed by atoms with Gasteiger partial charge in [-0.05, 0) is 36.8 Å². The molecule has 108 valence electrons. The standard InChI is InChI=1S/C16H15F2N3/c1-2-7-21-15-6-4-11(17)9-14(15)20-16(21)10-3-5-13(19)12(18)8-10/h3-6,8-9H,2,7,19H2,1H3. The zero-order valence-corrected chi connectivity index (χ0v) is 11.6. The molecule has 3 aromatic rings. The van der Waals surface area contributed by atoms with Crippen LogP contribution in [0.1, 0.15) is 13.3 Å². The highest BCUT2D eigenvalue weighted by molar-refractivity contribution is 5.81. The van der Waals surface area contributed by atoms with Crippen LogP contribution in [0.25, 0.3) is 22.4 Å². The molecule has 0 aliphatic carbocycles. The lowest BCUT2D eigenvalue weighted by atomic mass is 10.2. The van der Waals surface area contributed by atoms with Gasteiger partial charge in [0, 0.05) is 18.2 Å². The first-order valence-corrected chi connectivity index (χ1v) is 6.81. The normalized spacial score (nSPS) is 11.2. The van der Waals surface area contributed by atoms with Gasteiger partial charge in [0.1, 0.15) is 17.5 Å². The second-order valence-electron chi connectivity index (χ2n) is 4.96. The van der Waals surface area contributed by atoms with E-state index in [-0.39, 0.29) is 11.5 Å². The van der Waals surface area contributed by atoms with Gasteiger partial charge in [0.05, 0.1) is 16.7 Å². The van der Waals surface area contributed by atoms with Gasteiger partial charge in [-0.1, -0.05) is 6.92 Å². The molecule has 0 bridgehead atoms. The monoisotopic (exact) mass is 287 g/mol. The maximum atomic E-state index is 13.7. The Balaban J connectivity index is 2.24. The zero-order chi connectivity index (χ0) is 15.0. The van der Waals surface area contributed by atoms with Gasteiger partial charge in [-0.15, -0.1) is 0 Å². The number of nitrogen functional groups attached to an aromatic ring is 1. The van der Waals surface area contributed by atoms with E-state index in [2.05, 4.69) is 4.98 Å². The van der Waals surface area contributed by atoms with Gasteiger partial charge < -0.3 is 10.3 Å². The maximum absolute atomic E-state index is 13.7. The van der Waals surface area contributed by atoms with Gasteiger partial charge >= 0.3 is 0 Å². The number of aryl methyl sites for hydroxylation is 1. The minimum Gasteiger partial charge on any atom is -0.396 e. The summed E-state index contributed by atoms with van der Waals surface area (Å²) in [6.07, 6.45) is 0.896. The number of aromatic nitrogens is 2. The number of benzene rings is 2. The predicted octanol–water partition coefficient (Wildman–Crippen LogP) is 3.97. The summed E-state index contributed by atoms with van der Waals surface area (Å²) in [6, 6.07) is 9.09. The Hall–Kier alpha value is -2.43. The summed E-state index contributed by atoms with van der Waals surface area (Å²) in [4.78, 5) is 4.45. The fourth-order valence-corrected chi connectivity index (χ4v) is 2.44. The average molecular weight is 287 g/mol. The molecule has 5 heteroatoms. The quantitative estimate of drug-likeness (QED) is 0.741. The number of imidazole rings is 1. The van der Waals surface area contributed by atoms with Crippen LogP contribution in [0.5, 0.6) is 0 Å². The number of nitrogens with zero attached hydrogens (tertiary/aromatic N) is 2. The lowest BCUT2D eigenvalue weighted by Gasteiger charge is -2.08. The third-order valence-electron chi connectivity index (χ3n) is 3.42. The molecule has 1 aromatic heterocycles. The molecule has 0 unspecified atom stereocenters. The average Bonchev–Trinajstić information content (AvgIpc) is 2.80. The number of rotatable bonds is 3. The second kappa shape index (κ2) is 5.16. The molecule has 1 heterocycles. The minimum atomic E-state index is -0.478. The van der Waals surface area contributed by atoms with Crippen LogP contribution in [-0.4, -0.2) is 9.55 Å². The highest BCUT2D eigenvalue weighted by Crippen LogP contribution is 2.27. The number of hydrogen-bond acceptors (Lipinski definition) is 2. The summed E-state index contributed by atoms with van der Waals surface area (Å²) >= 11 is 0. The maximum Gasteiger partial charge on any atom is 0.146 e. The van der Waals surface area contributed by atoms with E-state index in [1.54, 1.807) is 12.1 Å². The molecular formula is C16H15F2N3. The van der Waals surface area contributed by atoms with E-state index in [0.717, 1.165) is 18.5 Å². The SMILES string of the molecule is CCCn1c(-c2ccc(N)c(F)c2)nc2cc(F)ccc21. The Morgan fingerprint density at radius 2 is 1.95 bits per heavy atom. The van der Waals surface area contributed by atoms with Gasteiger partial charge in [0.2, 0.25) is 0 Å². The lowest BCUT2D eigenvalue weighted by Crippen LogP contribution is -2.00. The van der Waals surface area contributed by atoms with Crippen molar-refractivity contribution >= 4 is 16.7 Å². The summed E-state index contributed by atoms with van der Waals surface area (Å²) in [5, 5.41) is 0. The van der Waals surface area contributed by atoms with E-state index in [1.165, 1.54) is 24.3 Å². The Morgan fingerprint density at radius 3 is 2.67 bits per heavy atom. The van der Waals surface area contributed by atoms with Crippen molar-refractivity contribution in [1.82, 2.24) is 9.55 Å². The van der Waals surface area contributed by atoms with E-state index in [1.807, 2.05) is 11.5 Å². The van der Waals surface area contributed by atoms with Gasteiger partial charge in [-0.2, -0.15) is 0 Å². The number of fused-ring (bicyclic) bond motifs is 1. The third kappa shape index (κ3) is 2.35.